The maximum Gasteiger partial charge on any atom is 0.0758 e. The molecule has 1 aliphatic rings. The number of β-amino-alcohol motifs (C(OH)–C–C–N with tert-alkyl or cyclic N) is 1. The molecule has 0 aliphatic carbocycles. The van der Waals surface area contributed by atoms with Crippen LogP contribution in [0.5, 0.6) is 0 Å². The smallest absolute Gasteiger partial charge is 0.0758 e. The summed E-state index contributed by atoms with van der Waals surface area (Å²) in [4.78, 5) is 2.32. The van der Waals surface area contributed by atoms with E-state index < -0.39 is 5.60 Å². The van der Waals surface area contributed by atoms with Crippen molar-refractivity contribution in [2.45, 2.75) is 52.1 Å². The van der Waals surface area contributed by atoms with Crippen molar-refractivity contribution in [3.63, 3.8) is 0 Å². The zero-order valence-electron chi connectivity index (χ0n) is 10.8. The van der Waals surface area contributed by atoms with Crippen LogP contribution in [0.2, 0.25) is 0 Å². The first-order valence-electron chi connectivity index (χ1n) is 6.21. The van der Waals surface area contributed by atoms with E-state index in [4.69, 9.17) is 5.26 Å². The molecule has 1 saturated heterocycles. The molecule has 1 unspecified atom stereocenters. The van der Waals surface area contributed by atoms with Crippen LogP contribution < -0.4 is 0 Å². The van der Waals surface area contributed by atoms with E-state index in [1.807, 2.05) is 20.8 Å². The monoisotopic (exact) mass is 224 g/mol. The van der Waals surface area contributed by atoms with Crippen molar-refractivity contribution in [2.24, 2.45) is 5.41 Å². The molecule has 0 bridgehead atoms. The Hall–Kier alpha value is -0.590. The number of rotatable bonds is 5. The van der Waals surface area contributed by atoms with Crippen molar-refractivity contribution in [1.29, 1.82) is 5.26 Å². The van der Waals surface area contributed by atoms with E-state index >= 15 is 0 Å². The Labute approximate surface area is 99.1 Å². The molecule has 1 heterocycles. The van der Waals surface area contributed by atoms with Gasteiger partial charge in [0.15, 0.2) is 0 Å². The van der Waals surface area contributed by atoms with E-state index in [9.17, 15) is 5.11 Å². The molecule has 1 N–H and O–H groups in total. The standard InChI is InChI=1S/C13H24N2O/c1-12(2,10-14)6-4-5-8-15-9-7-13(3,16)11-15/h16H,4-9,11H2,1-3H3. The van der Waals surface area contributed by atoms with Crippen LogP contribution in [-0.4, -0.2) is 35.2 Å². The van der Waals surface area contributed by atoms with Gasteiger partial charge in [-0.25, -0.2) is 0 Å². The van der Waals surface area contributed by atoms with Gasteiger partial charge in [0.05, 0.1) is 17.1 Å². The normalized spacial score (nSPS) is 26.9. The van der Waals surface area contributed by atoms with Crippen molar-refractivity contribution >= 4 is 0 Å². The summed E-state index contributed by atoms with van der Waals surface area (Å²) in [7, 11) is 0. The summed E-state index contributed by atoms with van der Waals surface area (Å²) in [5.41, 5.74) is -0.664. The molecule has 92 valence electrons. The molecule has 1 fully saturated rings. The van der Waals surface area contributed by atoms with Crippen LogP contribution in [0.25, 0.3) is 0 Å². The highest BCUT2D eigenvalue weighted by atomic mass is 16.3. The molecule has 0 amide bonds. The van der Waals surface area contributed by atoms with Gasteiger partial charge in [0.1, 0.15) is 0 Å². The van der Waals surface area contributed by atoms with Crippen molar-refractivity contribution < 1.29 is 5.11 Å². The van der Waals surface area contributed by atoms with Crippen molar-refractivity contribution in [3.8, 4) is 6.07 Å². The lowest BCUT2D eigenvalue weighted by atomic mass is 9.89. The predicted molar refractivity (Wildman–Crippen MR) is 64.9 cm³/mol. The van der Waals surface area contributed by atoms with E-state index in [0.717, 1.165) is 45.3 Å². The maximum atomic E-state index is 9.80. The molecular weight excluding hydrogens is 200 g/mol. The topological polar surface area (TPSA) is 47.3 Å². The quantitative estimate of drug-likeness (QED) is 0.728. The Bertz CT molecular complexity index is 266. The zero-order valence-corrected chi connectivity index (χ0v) is 10.8. The number of likely N-dealkylation sites (tertiary alicyclic amines) is 1. The molecule has 1 rings (SSSR count). The number of hydrogen-bond donors (Lipinski definition) is 1. The van der Waals surface area contributed by atoms with Crippen LogP contribution in [0.4, 0.5) is 0 Å². The molecule has 0 radical (unpaired) electrons. The molecule has 3 nitrogen and oxygen atoms in total. The van der Waals surface area contributed by atoms with Gasteiger partial charge < -0.3 is 10.0 Å². The Morgan fingerprint density at radius 2 is 2.12 bits per heavy atom. The Morgan fingerprint density at radius 1 is 1.44 bits per heavy atom. The average Bonchev–Trinajstić information content (AvgIpc) is 2.53. The van der Waals surface area contributed by atoms with E-state index in [1.54, 1.807) is 0 Å². The summed E-state index contributed by atoms with van der Waals surface area (Å²) in [6, 6.07) is 2.33. The molecule has 1 aliphatic heterocycles. The van der Waals surface area contributed by atoms with Crippen LogP contribution in [0.15, 0.2) is 0 Å². The summed E-state index contributed by atoms with van der Waals surface area (Å²) in [5, 5.41) is 18.7. The highest BCUT2D eigenvalue weighted by molar-refractivity contribution is 4.91. The summed E-state index contributed by atoms with van der Waals surface area (Å²) in [6.07, 6.45) is 4.07. The first-order chi connectivity index (χ1) is 7.35. The van der Waals surface area contributed by atoms with E-state index in [1.165, 1.54) is 0 Å². The Kier molecular flexibility index (Phi) is 4.35. The van der Waals surface area contributed by atoms with Crippen LogP contribution in [-0.2, 0) is 0 Å². The number of nitriles is 1. The van der Waals surface area contributed by atoms with Gasteiger partial charge in [0.25, 0.3) is 0 Å². The first-order valence-corrected chi connectivity index (χ1v) is 6.21. The SMILES string of the molecule is CC(C)(C#N)CCCCN1CCC(C)(O)C1. The molecule has 16 heavy (non-hydrogen) atoms. The molecule has 3 heteroatoms. The predicted octanol–water partition coefficient (Wildman–Crippen LogP) is 2.16. The molecular formula is C13H24N2O. The lowest BCUT2D eigenvalue weighted by Gasteiger charge is -2.19. The van der Waals surface area contributed by atoms with Crippen LogP contribution in [0, 0.1) is 16.7 Å². The zero-order chi connectivity index (χ0) is 12.2. The highest BCUT2D eigenvalue weighted by Gasteiger charge is 2.30. The van der Waals surface area contributed by atoms with E-state index in [0.29, 0.717) is 0 Å². The summed E-state index contributed by atoms with van der Waals surface area (Å²) < 4.78 is 0. The third kappa shape index (κ3) is 4.51. The van der Waals surface area contributed by atoms with Gasteiger partial charge in [-0.3, -0.25) is 0 Å². The number of unbranched alkanes of at least 4 members (excludes halogenated alkanes) is 1. The van der Waals surface area contributed by atoms with Crippen molar-refractivity contribution in [1.82, 2.24) is 4.90 Å². The first kappa shape index (κ1) is 13.5. The van der Waals surface area contributed by atoms with Gasteiger partial charge in [-0.2, -0.15) is 5.26 Å². The lowest BCUT2D eigenvalue weighted by molar-refractivity contribution is 0.0685. The molecule has 0 aromatic rings. The number of aliphatic hydroxyl groups is 1. The molecule has 0 aromatic carbocycles. The third-order valence-corrected chi connectivity index (χ3v) is 3.36. The summed E-state index contributed by atoms with van der Waals surface area (Å²) in [5.74, 6) is 0. The van der Waals surface area contributed by atoms with Gasteiger partial charge in [-0.05, 0) is 46.6 Å². The molecule has 0 spiro atoms. The fourth-order valence-electron chi connectivity index (χ4n) is 2.19. The summed E-state index contributed by atoms with van der Waals surface area (Å²) in [6.45, 7) is 8.76. The van der Waals surface area contributed by atoms with Gasteiger partial charge in [-0.15, -0.1) is 0 Å². The minimum atomic E-state index is -0.480. The fraction of sp³-hybridized carbons (Fsp3) is 0.923. The number of nitrogens with zero attached hydrogens (tertiary/aromatic N) is 2. The van der Waals surface area contributed by atoms with Crippen LogP contribution >= 0.6 is 0 Å². The Morgan fingerprint density at radius 3 is 2.62 bits per heavy atom. The third-order valence-electron chi connectivity index (χ3n) is 3.36. The second-order valence-electron chi connectivity index (χ2n) is 5.98. The van der Waals surface area contributed by atoms with Crippen LogP contribution in [0.1, 0.15) is 46.5 Å². The second kappa shape index (κ2) is 5.16. The fourth-order valence-corrected chi connectivity index (χ4v) is 2.19. The summed E-state index contributed by atoms with van der Waals surface area (Å²) >= 11 is 0. The highest BCUT2D eigenvalue weighted by Crippen LogP contribution is 2.23. The average molecular weight is 224 g/mol. The largest absolute Gasteiger partial charge is 0.389 e. The second-order valence-corrected chi connectivity index (χ2v) is 5.98. The van der Waals surface area contributed by atoms with Gasteiger partial charge in [0.2, 0.25) is 0 Å². The van der Waals surface area contributed by atoms with Crippen molar-refractivity contribution in [3.05, 3.63) is 0 Å². The number of hydrogen-bond acceptors (Lipinski definition) is 3. The van der Waals surface area contributed by atoms with Gasteiger partial charge >= 0.3 is 0 Å². The van der Waals surface area contributed by atoms with E-state index in [-0.39, 0.29) is 5.41 Å². The molecule has 1 atom stereocenters. The minimum absolute atomic E-state index is 0.184. The minimum Gasteiger partial charge on any atom is -0.389 e. The van der Waals surface area contributed by atoms with Crippen LogP contribution in [0.3, 0.4) is 0 Å². The molecule has 0 saturated carbocycles. The lowest BCUT2D eigenvalue weighted by Crippen LogP contribution is -2.30. The van der Waals surface area contributed by atoms with Gasteiger partial charge in [-0.1, -0.05) is 6.42 Å². The maximum absolute atomic E-state index is 9.80. The van der Waals surface area contributed by atoms with Crippen molar-refractivity contribution in [2.75, 3.05) is 19.6 Å². The Balaban J connectivity index is 2.12. The van der Waals surface area contributed by atoms with Gasteiger partial charge in [0, 0.05) is 13.1 Å². The van der Waals surface area contributed by atoms with E-state index in [2.05, 4.69) is 11.0 Å². The molecule has 0 aromatic heterocycles.